The first-order valence-corrected chi connectivity index (χ1v) is 7.59. The third kappa shape index (κ3) is 3.79. The lowest BCUT2D eigenvalue weighted by Crippen LogP contribution is -2.00. The molecule has 1 aromatic heterocycles. The van der Waals surface area contributed by atoms with Crippen molar-refractivity contribution >= 4 is 28.4 Å². The molecule has 100 valence electrons. The number of carbonyl (C=O) groups is 1. The minimum Gasteiger partial charge on any atom is -0.483 e. The Kier molecular flexibility index (Phi) is 4.95. The van der Waals surface area contributed by atoms with E-state index in [0.717, 1.165) is 11.3 Å². The van der Waals surface area contributed by atoms with E-state index in [9.17, 15) is 4.79 Å². The zero-order valence-electron chi connectivity index (χ0n) is 10.7. The van der Waals surface area contributed by atoms with E-state index in [-0.39, 0.29) is 5.78 Å². The Morgan fingerprint density at radius 1 is 1.37 bits per heavy atom. The van der Waals surface area contributed by atoms with Gasteiger partial charge < -0.3 is 4.74 Å². The Morgan fingerprint density at radius 2 is 2.11 bits per heavy atom. The SMILES string of the molecule is CCC(=O)c1cnn(Cc2ccc(OCI)cc2)c1. The highest BCUT2D eigenvalue weighted by atomic mass is 127. The molecule has 4 nitrogen and oxygen atoms in total. The van der Waals surface area contributed by atoms with Crippen LogP contribution in [0.1, 0.15) is 29.3 Å². The van der Waals surface area contributed by atoms with Gasteiger partial charge in [-0.2, -0.15) is 5.10 Å². The lowest BCUT2D eigenvalue weighted by molar-refractivity contribution is 0.0988. The van der Waals surface area contributed by atoms with Gasteiger partial charge >= 0.3 is 0 Å². The van der Waals surface area contributed by atoms with Crippen molar-refractivity contribution in [2.45, 2.75) is 19.9 Å². The van der Waals surface area contributed by atoms with Crippen LogP contribution in [0.25, 0.3) is 0 Å². The minimum absolute atomic E-state index is 0.122. The molecule has 0 amide bonds. The van der Waals surface area contributed by atoms with Crippen LogP contribution in [0.3, 0.4) is 0 Å². The number of ether oxygens (including phenoxy) is 1. The molecule has 1 aromatic carbocycles. The number of halogens is 1. The molecule has 0 saturated carbocycles. The van der Waals surface area contributed by atoms with Crippen molar-refractivity contribution in [2.24, 2.45) is 0 Å². The van der Waals surface area contributed by atoms with Crippen LogP contribution in [0.5, 0.6) is 5.75 Å². The fourth-order valence-electron chi connectivity index (χ4n) is 1.74. The Morgan fingerprint density at radius 3 is 2.74 bits per heavy atom. The standard InChI is InChI=1S/C14H15IN2O2/c1-2-14(18)12-7-16-17(9-12)8-11-3-5-13(6-4-11)19-10-15/h3-7,9H,2,8,10H2,1H3. The van der Waals surface area contributed by atoms with Gasteiger partial charge in [-0.1, -0.05) is 19.1 Å². The monoisotopic (exact) mass is 370 g/mol. The highest BCUT2D eigenvalue weighted by molar-refractivity contribution is 14.1. The van der Waals surface area contributed by atoms with E-state index in [1.165, 1.54) is 0 Å². The Bertz CT molecular complexity index is 549. The number of ketones is 1. The first kappa shape index (κ1) is 14.0. The number of carbonyl (C=O) groups excluding carboxylic acids is 1. The van der Waals surface area contributed by atoms with Gasteiger partial charge in [0.15, 0.2) is 5.78 Å². The van der Waals surface area contributed by atoms with E-state index in [1.807, 2.05) is 31.2 Å². The lowest BCUT2D eigenvalue weighted by Gasteiger charge is -2.04. The van der Waals surface area contributed by atoms with Gasteiger partial charge in [0.1, 0.15) is 10.4 Å². The fraction of sp³-hybridized carbons (Fsp3) is 0.286. The number of alkyl halides is 1. The largest absolute Gasteiger partial charge is 0.483 e. The summed E-state index contributed by atoms with van der Waals surface area (Å²) < 4.78 is 7.79. The summed E-state index contributed by atoms with van der Waals surface area (Å²) >= 11 is 2.16. The fourth-order valence-corrected chi connectivity index (χ4v) is 2.10. The van der Waals surface area contributed by atoms with E-state index in [1.54, 1.807) is 17.1 Å². The second kappa shape index (κ2) is 6.70. The average Bonchev–Trinajstić information content (AvgIpc) is 2.89. The summed E-state index contributed by atoms with van der Waals surface area (Å²) in [6.07, 6.45) is 3.93. The molecule has 0 N–H and O–H groups in total. The van der Waals surface area contributed by atoms with Gasteiger partial charge in [0, 0.05) is 12.6 Å². The average molecular weight is 370 g/mol. The van der Waals surface area contributed by atoms with Crippen LogP contribution in [-0.2, 0) is 6.54 Å². The van der Waals surface area contributed by atoms with Crippen LogP contribution in [0.15, 0.2) is 36.7 Å². The highest BCUT2D eigenvalue weighted by Crippen LogP contribution is 2.14. The summed E-state index contributed by atoms with van der Waals surface area (Å²) in [7, 11) is 0. The molecule has 0 saturated heterocycles. The quantitative estimate of drug-likeness (QED) is 0.445. The maximum absolute atomic E-state index is 11.5. The van der Waals surface area contributed by atoms with Gasteiger partial charge in [0.05, 0.1) is 18.3 Å². The van der Waals surface area contributed by atoms with Crippen LogP contribution in [0.4, 0.5) is 0 Å². The predicted molar refractivity (Wildman–Crippen MR) is 81.9 cm³/mol. The zero-order chi connectivity index (χ0) is 13.7. The summed E-state index contributed by atoms with van der Waals surface area (Å²) in [5.41, 5.74) is 1.80. The maximum Gasteiger partial charge on any atom is 0.165 e. The summed E-state index contributed by atoms with van der Waals surface area (Å²) in [6, 6.07) is 7.89. The highest BCUT2D eigenvalue weighted by Gasteiger charge is 2.06. The van der Waals surface area contributed by atoms with Gasteiger partial charge in [0.25, 0.3) is 0 Å². The number of Topliss-reactive ketones (excluding diaryl/α,β-unsaturated/α-hetero) is 1. The number of aromatic nitrogens is 2. The molecular weight excluding hydrogens is 355 g/mol. The zero-order valence-corrected chi connectivity index (χ0v) is 12.8. The molecule has 0 aliphatic carbocycles. The Balaban J connectivity index is 2.04. The van der Waals surface area contributed by atoms with Gasteiger partial charge in [-0.15, -0.1) is 0 Å². The Hall–Kier alpha value is -1.37. The van der Waals surface area contributed by atoms with E-state index in [4.69, 9.17) is 4.74 Å². The molecule has 0 spiro atoms. The van der Waals surface area contributed by atoms with E-state index < -0.39 is 0 Å². The Labute approximate surface area is 125 Å². The molecule has 0 aliphatic rings. The van der Waals surface area contributed by atoms with E-state index >= 15 is 0 Å². The third-order valence-corrected chi connectivity index (χ3v) is 3.08. The van der Waals surface area contributed by atoms with Crippen LogP contribution in [0, 0.1) is 0 Å². The summed E-state index contributed by atoms with van der Waals surface area (Å²) in [5.74, 6) is 0.984. The molecular formula is C14H15IN2O2. The molecule has 19 heavy (non-hydrogen) atoms. The second-order valence-electron chi connectivity index (χ2n) is 4.10. The van der Waals surface area contributed by atoms with Crippen molar-refractivity contribution in [1.29, 1.82) is 0 Å². The smallest absolute Gasteiger partial charge is 0.165 e. The number of rotatable bonds is 6. The minimum atomic E-state index is 0.122. The predicted octanol–water partition coefficient (Wildman–Crippen LogP) is 3.30. The molecule has 0 unspecified atom stereocenters. The topological polar surface area (TPSA) is 44.1 Å². The van der Waals surface area contributed by atoms with Crippen molar-refractivity contribution in [2.75, 3.05) is 4.61 Å². The maximum atomic E-state index is 11.5. The molecule has 0 atom stereocenters. The van der Waals surface area contributed by atoms with Gasteiger partial charge in [-0.3, -0.25) is 9.48 Å². The van der Waals surface area contributed by atoms with Crippen molar-refractivity contribution in [3.05, 3.63) is 47.8 Å². The summed E-state index contributed by atoms with van der Waals surface area (Å²) in [6.45, 7) is 2.51. The third-order valence-electron chi connectivity index (χ3n) is 2.77. The molecule has 2 aromatic rings. The number of hydrogen-bond donors (Lipinski definition) is 0. The molecule has 2 rings (SSSR count). The molecule has 0 bridgehead atoms. The molecule has 5 heteroatoms. The first-order chi connectivity index (χ1) is 9.22. The first-order valence-electron chi connectivity index (χ1n) is 6.06. The van der Waals surface area contributed by atoms with Gasteiger partial charge in [-0.25, -0.2) is 0 Å². The molecule has 1 heterocycles. The number of benzene rings is 1. The van der Waals surface area contributed by atoms with Crippen molar-refractivity contribution in [3.8, 4) is 5.75 Å². The number of nitrogens with zero attached hydrogens (tertiary/aromatic N) is 2. The van der Waals surface area contributed by atoms with Crippen molar-refractivity contribution in [3.63, 3.8) is 0 Å². The van der Waals surface area contributed by atoms with Crippen LogP contribution >= 0.6 is 22.6 Å². The molecule has 0 radical (unpaired) electrons. The van der Waals surface area contributed by atoms with Gasteiger partial charge in [-0.05, 0) is 40.3 Å². The van der Waals surface area contributed by atoms with Crippen LogP contribution in [-0.4, -0.2) is 20.2 Å². The van der Waals surface area contributed by atoms with E-state index in [2.05, 4.69) is 27.7 Å². The summed E-state index contributed by atoms with van der Waals surface area (Å²) in [5, 5.41) is 4.20. The summed E-state index contributed by atoms with van der Waals surface area (Å²) in [4.78, 5) is 11.5. The second-order valence-corrected chi connectivity index (χ2v) is 4.72. The number of hydrogen-bond acceptors (Lipinski definition) is 3. The van der Waals surface area contributed by atoms with Crippen molar-refractivity contribution in [1.82, 2.24) is 9.78 Å². The van der Waals surface area contributed by atoms with Crippen LogP contribution in [0.2, 0.25) is 0 Å². The molecule has 0 aliphatic heterocycles. The molecule has 0 fully saturated rings. The van der Waals surface area contributed by atoms with Gasteiger partial charge in [0.2, 0.25) is 0 Å². The normalized spacial score (nSPS) is 10.4. The lowest BCUT2D eigenvalue weighted by atomic mass is 10.2. The van der Waals surface area contributed by atoms with Crippen LogP contribution < -0.4 is 4.74 Å². The van der Waals surface area contributed by atoms with Crippen molar-refractivity contribution < 1.29 is 9.53 Å². The van der Waals surface area contributed by atoms with E-state index in [0.29, 0.717) is 23.1 Å².